The molecule has 4 aliphatic rings. The standard InChI is InChI=1S/C24H26N6O4.C12H15N3O2.C12H15N3O.CH4/c1-14-9-15(10-16-13-26-28-22(14)16)11-19(23(32)33)27-24(34)29-7-4-17(5-8-29)30-20-3-2-6-25-18(20)12-21(30)31;1-7-3-8(5-10(13)12(16)17-2)4-9-6-14-15-11(7)9;16-12-8-10-11(2-1-5-14-10)15(12)9-3-6-13-7-4-9;/h2-3,6,9-10,13,17,19H,4-5,7-8,11-12H2,1H3,(H,26,28)(H,27,34)(H,32,33);3-4,6,10H,5,13H2,1-2H3,(H,14,15);1-2,5,9,13H,3-4,6-8H2;1H4/t19-;10-;;/m11../s1. The van der Waals surface area contributed by atoms with Gasteiger partial charge in [0.25, 0.3) is 0 Å². The summed E-state index contributed by atoms with van der Waals surface area (Å²) in [6.45, 7) is 6.83. The fraction of sp³-hybridized carbons (Fsp3) is 0.408. The second kappa shape index (κ2) is 21.6. The number of aromatic nitrogens is 6. The van der Waals surface area contributed by atoms with Crippen LogP contribution in [0.1, 0.15) is 66.8 Å². The summed E-state index contributed by atoms with van der Waals surface area (Å²) >= 11 is 0. The van der Waals surface area contributed by atoms with Crippen LogP contribution in [-0.4, -0.2) is 128 Å². The lowest BCUT2D eigenvalue weighted by atomic mass is 10.0. The molecular formula is C49H60N12O7. The Hall–Kier alpha value is -7.25. The van der Waals surface area contributed by atoms with E-state index in [1.165, 1.54) is 7.11 Å². The summed E-state index contributed by atoms with van der Waals surface area (Å²) in [5.41, 5.74) is 15.2. The van der Waals surface area contributed by atoms with E-state index in [0.717, 1.165) is 92.8 Å². The number of aliphatic carboxylic acids is 1. The number of pyridine rings is 2. The molecule has 8 heterocycles. The molecule has 0 spiro atoms. The van der Waals surface area contributed by atoms with Gasteiger partial charge in [0.15, 0.2) is 0 Å². The van der Waals surface area contributed by atoms with Crippen LogP contribution in [0, 0.1) is 13.8 Å². The third kappa shape index (κ3) is 10.8. The molecule has 4 aromatic heterocycles. The monoisotopic (exact) mass is 928 g/mol. The number of rotatable bonds is 9. The lowest BCUT2D eigenvalue weighted by Gasteiger charge is -2.37. The maximum atomic E-state index is 12.9. The van der Waals surface area contributed by atoms with Gasteiger partial charge in [-0.2, -0.15) is 10.2 Å². The van der Waals surface area contributed by atoms with Crippen molar-refractivity contribution in [1.82, 2.24) is 45.9 Å². The second-order valence-corrected chi connectivity index (χ2v) is 17.4. The summed E-state index contributed by atoms with van der Waals surface area (Å²) < 4.78 is 4.60. The predicted octanol–water partition coefficient (Wildman–Crippen LogP) is 4.30. The number of carboxylic acids is 1. The number of anilines is 2. The molecule has 0 bridgehead atoms. The first-order chi connectivity index (χ1) is 32.4. The Bertz CT molecular complexity index is 2780. The summed E-state index contributed by atoms with van der Waals surface area (Å²) in [4.78, 5) is 74.5. The maximum absolute atomic E-state index is 12.9. The van der Waals surface area contributed by atoms with Crippen molar-refractivity contribution in [2.45, 2.75) is 96.8 Å². The van der Waals surface area contributed by atoms with E-state index in [1.54, 1.807) is 29.7 Å². The number of H-pyrrole nitrogens is 2. The summed E-state index contributed by atoms with van der Waals surface area (Å²) in [5, 5.41) is 31.5. The van der Waals surface area contributed by atoms with Gasteiger partial charge < -0.3 is 40.9 Å². The number of nitrogens with one attached hydrogen (secondary N) is 4. The van der Waals surface area contributed by atoms with Gasteiger partial charge in [-0.15, -0.1) is 0 Å². The number of fused-ring (bicyclic) bond motifs is 4. The van der Waals surface area contributed by atoms with Crippen molar-refractivity contribution in [3.8, 4) is 0 Å². The first-order valence-electron chi connectivity index (χ1n) is 22.6. The van der Waals surface area contributed by atoms with Crippen LogP contribution in [0.5, 0.6) is 0 Å². The average molecular weight is 929 g/mol. The molecule has 358 valence electrons. The van der Waals surface area contributed by atoms with E-state index in [1.807, 2.05) is 72.2 Å². The van der Waals surface area contributed by atoms with Gasteiger partial charge in [-0.1, -0.05) is 19.6 Å². The zero-order valence-electron chi connectivity index (χ0n) is 37.8. The number of piperidine rings is 2. The number of hydrogen-bond donors (Lipinski definition) is 6. The van der Waals surface area contributed by atoms with Crippen LogP contribution in [0.15, 0.2) is 73.3 Å². The minimum atomic E-state index is -1.08. The molecule has 6 aromatic rings. The van der Waals surface area contributed by atoms with Crippen molar-refractivity contribution >= 4 is 63.0 Å². The zero-order valence-corrected chi connectivity index (χ0v) is 37.8. The van der Waals surface area contributed by atoms with E-state index in [-0.39, 0.29) is 31.7 Å². The molecule has 0 saturated carbocycles. The highest BCUT2D eigenvalue weighted by Crippen LogP contribution is 2.33. The van der Waals surface area contributed by atoms with Crippen LogP contribution in [0.25, 0.3) is 21.8 Å². The van der Waals surface area contributed by atoms with Gasteiger partial charge in [0.1, 0.15) is 12.1 Å². The Morgan fingerprint density at radius 1 is 0.794 bits per heavy atom. The third-order valence-electron chi connectivity index (χ3n) is 12.8. The van der Waals surface area contributed by atoms with Crippen LogP contribution < -0.4 is 26.2 Å². The Morgan fingerprint density at radius 2 is 1.29 bits per heavy atom. The largest absolute Gasteiger partial charge is 0.480 e. The fourth-order valence-corrected chi connectivity index (χ4v) is 9.51. The van der Waals surface area contributed by atoms with Crippen molar-refractivity contribution in [3.63, 3.8) is 0 Å². The Balaban J connectivity index is 0.000000168. The summed E-state index contributed by atoms with van der Waals surface area (Å²) in [5.74, 6) is -1.23. The van der Waals surface area contributed by atoms with E-state index in [9.17, 15) is 29.1 Å². The van der Waals surface area contributed by atoms with Crippen LogP contribution in [0.3, 0.4) is 0 Å². The van der Waals surface area contributed by atoms with Gasteiger partial charge in [-0.05, 0) is 118 Å². The number of aromatic amines is 2. The highest BCUT2D eigenvalue weighted by molar-refractivity contribution is 6.02. The first kappa shape index (κ1) is 48.7. The van der Waals surface area contributed by atoms with Crippen LogP contribution >= 0.6 is 0 Å². The quantitative estimate of drug-likeness (QED) is 0.111. The lowest BCUT2D eigenvalue weighted by molar-refractivity contribution is -0.142. The molecule has 0 unspecified atom stereocenters. The van der Waals surface area contributed by atoms with Gasteiger partial charge in [0.05, 0.1) is 66.1 Å². The van der Waals surface area contributed by atoms with Crippen molar-refractivity contribution in [2.24, 2.45) is 5.73 Å². The third-order valence-corrected chi connectivity index (χ3v) is 12.8. The van der Waals surface area contributed by atoms with Crippen molar-refractivity contribution in [3.05, 3.63) is 107 Å². The van der Waals surface area contributed by atoms with E-state index in [2.05, 4.69) is 45.7 Å². The number of amides is 4. The van der Waals surface area contributed by atoms with Gasteiger partial charge in [0.2, 0.25) is 11.8 Å². The molecule has 7 N–H and O–H groups in total. The van der Waals surface area contributed by atoms with Crippen molar-refractivity contribution in [2.75, 3.05) is 43.1 Å². The Morgan fingerprint density at radius 3 is 1.79 bits per heavy atom. The predicted molar refractivity (Wildman–Crippen MR) is 257 cm³/mol. The SMILES string of the molecule is C.COC(=O)[C@H](N)Cc1cc(C)c2[nH]ncc2c1.Cc1cc(C[C@@H](NC(=O)N2CCC(N3C(=O)Cc4ncccc43)CC2)C(=O)O)cc2cn[nH]c12.O=C1Cc2ncccc2N1C1CCNCC1. The molecular weight excluding hydrogens is 869 g/mol. The molecule has 19 nitrogen and oxygen atoms in total. The lowest BCUT2D eigenvalue weighted by Crippen LogP contribution is -2.53. The van der Waals surface area contributed by atoms with Gasteiger partial charge in [-0.3, -0.25) is 34.5 Å². The smallest absolute Gasteiger partial charge is 0.326 e. The second-order valence-electron chi connectivity index (χ2n) is 17.4. The number of carbonyl (C=O) groups excluding carboxylic acids is 4. The number of esters is 1. The minimum Gasteiger partial charge on any atom is -0.480 e. The number of nitrogens with two attached hydrogens (primary N) is 1. The van der Waals surface area contributed by atoms with Crippen LogP contribution in [-0.2, 0) is 49.6 Å². The summed E-state index contributed by atoms with van der Waals surface area (Å²) in [7, 11) is 1.34. The molecule has 68 heavy (non-hydrogen) atoms. The van der Waals surface area contributed by atoms with Gasteiger partial charge in [-0.25, -0.2) is 9.59 Å². The molecule has 2 aromatic carbocycles. The molecule has 4 aliphatic heterocycles. The maximum Gasteiger partial charge on any atom is 0.326 e. The van der Waals surface area contributed by atoms with Crippen molar-refractivity contribution < 1.29 is 33.8 Å². The molecule has 10 rings (SSSR count). The molecule has 2 fully saturated rings. The highest BCUT2D eigenvalue weighted by atomic mass is 16.5. The normalized spacial score (nSPS) is 16.7. The molecule has 4 amide bonds. The number of carbonyl (C=O) groups is 5. The van der Waals surface area contributed by atoms with Crippen LogP contribution in [0.4, 0.5) is 16.2 Å². The number of carboxylic acid groups (broad SMARTS) is 1. The number of ether oxygens (including phenoxy) is 1. The molecule has 2 atom stereocenters. The van der Waals surface area contributed by atoms with E-state index < -0.39 is 30.1 Å². The Kier molecular flexibility index (Phi) is 15.5. The topological polar surface area (TPSA) is 258 Å². The molecule has 2 saturated heterocycles. The average Bonchev–Trinajstić information content (AvgIpc) is 4.14. The number of aryl methyl sites for hydroxylation is 2. The minimum absolute atomic E-state index is 0. The van der Waals surface area contributed by atoms with E-state index in [0.29, 0.717) is 51.2 Å². The number of hydrogen-bond acceptors (Lipinski definition) is 12. The summed E-state index contributed by atoms with van der Waals surface area (Å²) in [6.07, 6.45) is 11.7. The molecule has 19 heteroatoms. The van der Waals surface area contributed by atoms with E-state index in [4.69, 9.17) is 5.73 Å². The number of benzene rings is 2. The number of urea groups is 1. The molecule has 0 aliphatic carbocycles. The number of likely N-dealkylation sites (tertiary alicyclic amines) is 1. The zero-order chi connectivity index (χ0) is 47.2. The van der Waals surface area contributed by atoms with Gasteiger partial charge >= 0.3 is 18.0 Å². The van der Waals surface area contributed by atoms with Crippen LogP contribution in [0.2, 0.25) is 0 Å². The Labute approximate surface area is 394 Å². The number of methoxy groups -OCH3 is 1. The number of nitrogens with zero attached hydrogens (tertiary/aromatic N) is 7. The van der Waals surface area contributed by atoms with E-state index >= 15 is 0 Å². The molecule has 0 radical (unpaired) electrons. The van der Waals surface area contributed by atoms with Gasteiger partial charge in [0, 0.05) is 54.8 Å². The first-order valence-corrected chi connectivity index (χ1v) is 22.6. The fourth-order valence-electron chi connectivity index (χ4n) is 9.51. The highest BCUT2D eigenvalue weighted by Gasteiger charge is 2.37. The summed E-state index contributed by atoms with van der Waals surface area (Å²) in [6, 6.07) is 13.7. The van der Waals surface area contributed by atoms with Crippen molar-refractivity contribution in [1.29, 1.82) is 0 Å².